The smallest absolute Gasteiger partial charge is 0.408 e. The highest BCUT2D eigenvalue weighted by Gasteiger charge is 2.27. The summed E-state index contributed by atoms with van der Waals surface area (Å²) in [4.78, 5) is 20.7. The van der Waals surface area contributed by atoms with Crippen LogP contribution < -0.4 is 11.1 Å². The number of carbonyl (C=O) groups is 1. The lowest BCUT2D eigenvalue weighted by Gasteiger charge is -2.22. The number of fused-ring (bicyclic) bond motifs is 2. The quantitative estimate of drug-likeness (QED) is 0.230. The second-order valence-electron chi connectivity index (χ2n) is 11.4. The molecule has 0 spiro atoms. The molecular formula is C33H45ClN6O4. The normalized spacial score (nSPS) is 16.7. The summed E-state index contributed by atoms with van der Waals surface area (Å²) < 4.78 is 21.8. The Labute approximate surface area is 267 Å². The molecule has 0 saturated heterocycles. The molecule has 2 aliphatic carbocycles. The first-order valence-corrected chi connectivity index (χ1v) is 15.0. The highest BCUT2D eigenvalue weighted by molar-refractivity contribution is 5.85. The van der Waals surface area contributed by atoms with Crippen LogP contribution in [0.2, 0.25) is 0 Å². The highest BCUT2D eigenvalue weighted by atomic mass is 35.5. The van der Waals surface area contributed by atoms with E-state index in [0.29, 0.717) is 30.3 Å². The molecule has 6 rings (SSSR count). The largest absolute Gasteiger partial charge is 0.444 e. The van der Waals surface area contributed by atoms with Crippen LogP contribution in [0, 0.1) is 0 Å². The van der Waals surface area contributed by atoms with Gasteiger partial charge in [-0.15, -0.1) is 12.4 Å². The van der Waals surface area contributed by atoms with Crippen molar-refractivity contribution in [1.82, 2.24) is 25.6 Å². The molecular weight excluding hydrogens is 580 g/mol. The summed E-state index contributed by atoms with van der Waals surface area (Å²) in [6, 6.07) is 12.5. The van der Waals surface area contributed by atoms with Crippen molar-refractivity contribution in [1.29, 1.82) is 0 Å². The average Bonchev–Trinajstić information content (AvgIpc) is 3.80. The molecule has 2 aliphatic rings. The third-order valence-corrected chi connectivity index (χ3v) is 7.24. The van der Waals surface area contributed by atoms with Crippen molar-refractivity contribution >= 4 is 18.5 Å². The van der Waals surface area contributed by atoms with Gasteiger partial charge in [0.1, 0.15) is 5.60 Å². The van der Waals surface area contributed by atoms with Crippen molar-refractivity contribution in [3.05, 3.63) is 70.4 Å². The zero-order valence-corrected chi connectivity index (χ0v) is 27.3. The predicted octanol–water partition coefficient (Wildman–Crippen LogP) is 7.50. The molecule has 44 heavy (non-hydrogen) atoms. The minimum Gasteiger partial charge on any atom is -0.444 e. The maximum atomic E-state index is 12.0. The number of halogens is 1. The van der Waals surface area contributed by atoms with Gasteiger partial charge in [0.25, 0.3) is 0 Å². The number of amides is 1. The average molecular weight is 626 g/mol. The van der Waals surface area contributed by atoms with Crippen LogP contribution in [0.5, 0.6) is 0 Å². The minimum atomic E-state index is -0.495. The zero-order valence-electron chi connectivity index (χ0n) is 27.5. The van der Waals surface area contributed by atoms with Crippen molar-refractivity contribution in [3.63, 3.8) is 0 Å². The van der Waals surface area contributed by atoms with Gasteiger partial charge in [-0.25, -0.2) is 4.79 Å². The number of hydrogen-bond acceptors (Lipinski definition) is 9. The van der Waals surface area contributed by atoms with Crippen LogP contribution in [0.25, 0.3) is 22.8 Å². The van der Waals surface area contributed by atoms with Gasteiger partial charge in [0.05, 0.1) is 6.04 Å². The van der Waals surface area contributed by atoms with Gasteiger partial charge in [0.15, 0.2) is 0 Å². The molecule has 0 bridgehead atoms. The van der Waals surface area contributed by atoms with Crippen LogP contribution in [0.3, 0.4) is 0 Å². The topological polar surface area (TPSA) is 142 Å². The molecule has 3 N–H and O–H groups in total. The van der Waals surface area contributed by atoms with Gasteiger partial charge < -0.3 is 24.8 Å². The van der Waals surface area contributed by atoms with Crippen LogP contribution in [0.4, 0.5) is 4.79 Å². The van der Waals surface area contributed by atoms with E-state index in [0.717, 1.165) is 55.2 Å². The Morgan fingerprint density at radius 3 is 1.95 bits per heavy atom. The molecule has 2 atom stereocenters. The lowest BCUT2D eigenvalue weighted by Crippen LogP contribution is -2.34. The van der Waals surface area contributed by atoms with E-state index in [1.165, 1.54) is 16.7 Å². The number of aromatic nitrogens is 4. The Balaban J connectivity index is 0.000000231. The van der Waals surface area contributed by atoms with Crippen LogP contribution in [0.1, 0.15) is 109 Å². The monoisotopic (exact) mass is 625 g/mol. The Morgan fingerprint density at radius 1 is 0.955 bits per heavy atom. The first kappa shape index (κ1) is 33.1. The lowest BCUT2D eigenvalue weighted by molar-refractivity contribution is 0.0503. The SMILES string of the molecule is CCc1nc(-c2ccc3c(c2)CC[C@H]3N)no1.CCc1nc(-c2ccc3c(c2)CC[C@H]3NC(=O)OC(C)(C)C)no1.Cl.[2H]CC. The van der Waals surface area contributed by atoms with Crippen molar-refractivity contribution in [2.75, 3.05) is 0 Å². The van der Waals surface area contributed by atoms with E-state index in [9.17, 15) is 4.79 Å². The molecule has 2 heterocycles. The Bertz CT molecular complexity index is 1550. The van der Waals surface area contributed by atoms with Crippen LogP contribution in [0.15, 0.2) is 45.4 Å². The Morgan fingerprint density at radius 2 is 1.45 bits per heavy atom. The number of rotatable bonds is 5. The molecule has 4 aromatic rings. The van der Waals surface area contributed by atoms with E-state index in [1.807, 2.05) is 52.8 Å². The molecule has 0 saturated carbocycles. The fourth-order valence-corrected chi connectivity index (χ4v) is 5.18. The van der Waals surface area contributed by atoms with E-state index in [4.69, 9.17) is 20.9 Å². The van der Waals surface area contributed by atoms with Crippen molar-refractivity contribution in [3.8, 4) is 22.8 Å². The summed E-state index contributed by atoms with van der Waals surface area (Å²) in [5.41, 5.74) is 12.4. The minimum absolute atomic E-state index is 0. The van der Waals surface area contributed by atoms with Crippen molar-refractivity contribution in [2.24, 2.45) is 5.73 Å². The third kappa shape index (κ3) is 8.45. The number of benzene rings is 2. The number of aryl methyl sites for hydroxylation is 4. The second-order valence-corrected chi connectivity index (χ2v) is 11.4. The molecule has 0 radical (unpaired) electrons. The molecule has 1 amide bonds. The van der Waals surface area contributed by atoms with E-state index in [2.05, 4.69) is 43.8 Å². The number of nitrogens with zero attached hydrogens (tertiary/aromatic N) is 4. The van der Waals surface area contributed by atoms with Crippen LogP contribution in [-0.2, 0) is 30.4 Å². The molecule has 0 fully saturated rings. The Hall–Kier alpha value is -3.76. The van der Waals surface area contributed by atoms with E-state index in [-0.39, 0.29) is 30.6 Å². The third-order valence-electron chi connectivity index (χ3n) is 7.24. The molecule has 2 aromatic heterocycles. The number of hydrogen-bond donors (Lipinski definition) is 2. The number of alkyl carbamates (subject to hydrolysis) is 1. The van der Waals surface area contributed by atoms with Gasteiger partial charge in [0.2, 0.25) is 23.4 Å². The maximum Gasteiger partial charge on any atom is 0.408 e. The number of nitrogens with one attached hydrogen (secondary N) is 1. The fourth-order valence-electron chi connectivity index (χ4n) is 5.18. The summed E-state index contributed by atoms with van der Waals surface area (Å²) in [6.45, 7) is 11.8. The van der Waals surface area contributed by atoms with Gasteiger partial charge in [0, 0.05) is 31.4 Å². The summed E-state index contributed by atoms with van der Waals surface area (Å²) >= 11 is 0. The van der Waals surface area contributed by atoms with Gasteiger partial charge in [-0.1, -0.05) is 62.2 Å². The van der Waals surface area contributed by atoms with Crippen molar-refractivity contribution < 1.29 is 19.9 Å². The number of ether oxygens (including phenoxy) is 1. The summed E-state index contributed by atoms with van der Waals surface area (Å²) in [5.74, 6) is 2.59. The van der Waals surface area contributed by atoms with Gasteiger partial charge in [-0.2, -0.15) is 9.97 Å². The molecule has 0 unspecified atom stereocenters. The second kappa shape index (κ2) is 15.3. The lowest BCUT2D eigenvalue weighted by atomic mass is 10.0. The predicted molar refractivity (Wildman–Crippen MR) is 173 cm³/mol. The summed E-state index contributed by atoms with van der Waals surface area (Å²) in [5, 5.41) is 11.0. The Kier molecular flexibility index (Phi) is 11.5. The standard InChI is InChI=1S/C18H23N3O3.C13H15N3O.C2H6.ClH/c1-5-15-20-16(21-24-15)12-6-8-13-11(10-12)7-9-14(13)19-17(22)23-18(2,3)4;1-2-12-15-13(16-17-12)9-3-5-10-8(7-9)4-6-11(10)14;1-2;/h6,8,10,14H,5,7,9H2,1-4H3,(H,19,22);3,5,7,11H,2,4,6,14H2,1H3;1-2H3;1H/t14-;11-;;/m11../s1/i;;1D;. The first-order chi connectivity index (χ1) is 21.0. The number of nitrogens with two attached hydrogens (primary N) is 1. The van der Waals surface area contributed by atoms with Gasteiger partial charge in [-0.3, -0.25) is 0 Å². The molecule has 11 heteroatoms. The van der Waals surface area contributed by atoms with Crippen LogP contribution >= 0.6 is 12.4 Å². The maximum absolute atomic E-state index is 12.0. The molecule has 238 valence electrons. The molecule has 2 aromatic carbocycles. The van der Waals surface area contributed by atoms with Gasteiger partial charge >= 0.3 is 6.09 Å². The first-order valence-electron chi connectivity index (χ1n) is 15.7. The summed E-state index contributed by atoms with van der Waals surface area (Å²) in [7, 11) is 0. The zero-order chi connectivity index (χ0) is 31.9. The molecule has 10 nitrogen and oxygen atoms in total. The fraction of sp³-hybridized carbons (Fsp3) is 0.485. The van der Waals surface area contributed by atoms with Gasteiger partial charge in [-0.05, 0) is 80.8 Å². The van der Waals surface area contributed by atoms with Crippen molar-refractivity contribution in [2.45, 2.75) is 105 Å². The van der Waals surface area contributed by atoms with Crippen LogP contribution in [-0.4, -0.2) is 32.0 Å². The number of carbonyl (C=O) groups excluding carboxylic acids is 1. The van der Waals surface area contributed by atoms with E-state index >= 15 is 0 Å². The summed E-state index contributed by atoms with van der Waals surface area (Å²) in [6.07, 6.45) is 4.96. The van der Waals surface area contributed by atoms with E-state index < -0.39 is 5.60 Å². The van der Waals surface area contributed by atoms with E-state index in [1.54, 1.807) is 6.92 Å². The highest BCUT2D eigenvalue weighted by Crippen LogP contribution is 2.34. The molecule has 0 aliphatic heterocycles.